The summed E-state index contributed by atoms with van der Waals surface area (Å²) < 4.78 is 11.3. The van der Waals surface area contributed by atoms with E-state index >= 15 is 0 Å². The van der Waals surface area contributed by atoms with E-state index in [0.29, 0.717) is 19.0 Å². The third-order valence-corrected chi connectivity index (χ3v) is 2.88. The molecule has 2 aromatic rings. The molecule has 17 heavy (non-hydrogen) atoms. The maximum Gasteiger partial charge on any atom is 0.437 e. The topological polar surface area (TPSA) is 77.5 Å². The van der Waals surface area contributed by atoms with Crippen LogP contribution in [0, 0.1) is 0 Å². The lowest BCUT2D eigenvalue weighted by molar-refractivity contribution is 0.0844. The van der Waals surface area contributed by atoms with Crippen molar-refractivity contribution in [3.8, 4) is 10.8 Å². The number of aromatic nitrogens is 2. The smallest absolute Gasteiger partial charge is 0.394 e. The molecule has 0 aromatic carbocycles. The molecule has 0 saturated carbocycles. The van der Waals surface area contributed by atoms with E-state index in [1.165, 1.54) is 16.0 Å². The quantitative estimate of drug-likeness (QED) is 0.765. The van der Waals surface area contributed by atoms with Gasteiger partial charge < -0.3 is 14.3 Å². The van der Waals surface area contributed by atoms with Gasteiger partial charge in [-0.1, -0.05) is 6.07 Å². The number of rotatable bonds is 6. The number of hydrogen-bond donors (Lipinski definition) is 1. The van der Waals surface area contributed by atoms with Crippen LogP contribution in [0.15, 0.2) is 26.7 Å². The highest BCUT2D eigenvalue weighted by atomic mass is 32.1. The maximum atomic E-state index is 11.4. The third-order valence-electron chi connectivity index (χ3n) is 2.02. The van der Waals surface area contributed by atoms with Crippen LogP contribution in [-0.2, 0) is 11.3 Å². The predicted octanol–water partition coefficient (Wildman–Crippen LogP) is 0.574. The third kappa shape index (κ3) is 3.02. The Morgan fingerprint density at radius 2 is 2.41 bits per heavy atom. The molecule has 6 nitrogen and oxygen atoms in total. The minimum Gasteiger partial charge on any atom is -0.394 e. The molecule has 0 fully saturated rings. The van der Waals surface area contributed by atoms with Crippen molar-refractivity contribution in [2.75, 3.05) is 19.8 Å². The second-order valence-electron chi connectivity index (χ2n) is 3.21. The van der Waals surface area contributed by atoms with Crippen LogP contribution < -0.4 is 5.76 Å². The van der Waals surface area contributed by atoms with Crippen LogP contribution in [0.2, 0.25) is 0 Å². The maximum absolute atomic E-state index is 11.4. The number of aliphatic hydroxyl groups is 1. The Kier molecular flexibility index (Phi) is 4.08. The number of ether oxygens (including phenoxy) is 1. The van der Waals surface area contributed by atoms with Crippen LogP contribution in [0.3, 0.4) is 0 Å². The molecular formula is C10H12N2O4S. The Labute approximate surface area is 101 Å². The molecule has 0 amide bonds. The van der Waals surface area contributed by atoms with Crippen molar-refractivity contribution >= 4 is 11.3 Å². The van der Waals surface area contributed by atoms with Gasteiger partial charge in [0.25, 0.3) is 5.89 Å². The Bertz CT molecular complexity index is 503. The van der Waals surface area contributed by atoms with Gasteiger partial charge in [-0.25, -0.2) is 4.79 Å². The lowest BCUT2D eigenvalue weighted by Crippen LogP contribution is -2.19. The molecule has 0 aliphatic heterocycles. The van der Waals surface area contributed by atoms with Crippen molar-refractivity contribution in [1.82, 2.24) is 9.78 Å². The molecule has 0 radical (unpaired) electrons. The Morgan fingerprint density at radius 1 is 1.53 bits per heavy atom. The van der Waals surface area contributed by atoms with Gasteiger partial charge in [-0.2, -0.15) is 4.68 Å². The van der Waals surface area contributed by atoms with Gasteiger partial charge in [0.05, 0.1) is 31.2 Å². The minimum absolute atomic E-state index is 0.0336. The molecule has 92 valence electrons. The van der Waals surface area contributed by atoms with Crippen molar-refractivity contribution < 1.29 is 14.3 Å². The van der Waals surface area contributed by atoms with E-state index in [1.807, 2.05) is 17.5 Å². The number of aliphatic hydroxyl groups excluding tert-OH is 1. The van der Waals surface area contributed by atoms with Gasteiger partial charge in [-0.05, 0) is 11.4 Å². The van der Waals surface area contributed by atoms with Crippen molar-refractivity contribution in [2.45, 2.75) is 6.54 Å². The van der Waals surface area contributed by atoms with Crippen LogP contribution in [0.1, 0.15) is 0 Å². The predicted molar refractivity (Wildman–Crippen MR) is 62.0 cm³/mol. The summed E-state index contributed by atoms with van der Waals surface area (Å²) in [4.78, 5) is 12.2. The van der Waals surface area contributed by atoms with Crippen molar-refractivity contribution in [3.63, 3.8) is 0 Å². The molecule has 0 atom stereocenters. The Morgan fingerprint density at radius 3 is 3.12 bits per heavy atom. The molecular weight excluding hydrogens is 244 g/mol. The zero-order chi connectivity index (χ0) is 12.1. The first-order valence-electron chi connectivity index (χ1n) is 5.11. The van der Waals surface area contributed by atoms with Gasteiger partial charge >= 0.3 is 5.76 Å². The van der Waals surface area contributed by atoms with E-state index in [1.54, 1.807) is 0 Å². The zero-order valence-corrected chi connectivity index (χ0v) is 9.85. The summed E-state index contributed by atoms with van der Waals surface area (Å²) in [5, 5.41) is 14.5. The van der Waals surface area contributed by atoms with E-state index in [0.717, 1.165) is 4.88 Å². The summed E-state index contributed by atoms with van der Waals surface area (Å²) in [6.07, 6.45) is 0. The fourth-order valence-corrected chi connectivity index (χ4v) is 1.91. The molecule has 2 aromatic heterocycles. The van der Waals surface area contributed by atoms with Crippen molar-refractivity contribution in [1.29, 1.82) is 0 Å². The van der Waals surface area contributed by atoms with Gasteiger partial charge in [-0.15, -0.1) is 16.4 Å². The van der Waals surface area contributed by atoms with E-state index in [4.69, 9.17) is 14.3 Å². The molecule has 2 rings (SSSR count). The molecule has 0 bridgehead atoms. The molecule has 2 heterocycles. The second kappa shape index (κ2) is 5.76. The summed E-state index contributed by atoms with van der Waals surface area (Å²) in [6.45, 7) is 0.850. The van der Waals surface area contributed by atoms with Gasteiger partial charge in [-0.3, -0.25) is 0 Å². The molecule has 0 unspecified atom stereocenters. The monoisotopic (exact) mass is 256 g/mol. The fourth-order valence-electron chi connectivity index (χ4n) is 1.27. The highest BCUT2D eigenvalue weighted by molar-refractivity contribution is 7.13. The second-order valence-corrected chi connectivity index (χ2v) is 4.16. The standard InChI is InChI=1S/C10H12N2O4S/c13-4-6-15-5-3-12-10(14)16-9(11-12)8-2-1-7-17-8/h1-2,7,13H,3-6H2. The molecule has 0 aliphatic carbocycles. The largest absolute Gasteiger partial charge is 0.437 e. The number of nitrogens with zero attached hydrogens (tertiary/aromatic N) is 2. The number of hydrogen-bond acceptors (Lipinski definition) is 6. The average molecular weight is 256 g/mol. The molecule has 1 N–H and O–H groups in total. The zero-order valence-electron chi connectivity index (χ0n) is 9.04. The first-order chi connectivity index (χ1) is 8.31. The van der Waals surface area contributed by atoms with Gasteiger partial charge in [0.1, 0.15) is 0 Å². The van der Waals surface area contributed by atoms with Crippen LogP contribution >= 0.6 is 11.3 Å². The van der Waals surface area contributed by atoms with Crippen LogP contribution in [-0.4, -0.2) is 34.7 Å². The van der Waals surface area contributed by atoms with Crippen molar-refractivity contribution in [3.05, 3.63) is 28.1 Å². The van der Waals surface area contributed by atoms with E-state index in [9.17, 15) is 4.79 Å². The van der Waals surface area contributed by atoms with Crippen LogP contribution in [0.25, 0.3) is 10.8 Å². The SMILES string of the molecule is O=c1oc(-c2cccs2)nn1CCOCCO. The Balaban J connectivity index is 2.02. The van der Waals surface area contributed by atoms with E-state index in [2.05, 4.69) is 5.10 Å². The molecule has 0 aliphatic rings. The van der Waals surface area contributed by atoms with Gasteiger partial charge in [0, 0.05) is 0 Å². The molecule has 0 saturated heterocycles. The summed E-state index contributed by atoms with van der Waals surface area (Å²) in [5.74, 6) is -0.173. The Hall–Kier alpha value is -1.44. The van der Waals surface area contributed by atoms with E-state index < -0.39 is 5.76 Å². The van der Waals surface area contributed by atoms with Gasteiger partial charge in [0.2, 0.25) is 0 Å². The first kappa shape index (κ1) is 12.0. The lowest BCUT2D eigenvalue weighted by atomic mass is 10.5. The summed E-state index contributed by atoms with van der Waals surface area (Å²) in [7, 11) is 0. The minimum atomic E-state index is -0.499. The van der Waals surface area contributed by atoms with E-state index in [-0.39, 0.29) is 13.2 Å². The van der Waals surface area contributed by atoms with Gasteiger partial charge in [0.15, 0.2) is 0 Å². The van der Waals surface area contributed by atoms with Crippen LogP contribution in [0.4, 0.5) is 0 Å². The average Bonchev–Trinajstić information content (AvgIpc) is 2.94. The normalized spacial score (nSPS) is 10.9. The first-order valence-corrected chi connectivity index (χ1v) is 5.99. The lowest BCUT2D eigenvalue weighted by Gasteiger charge is -1.99. The number of thiophene rings is 1. The summed E-state index contributed by atoms with van der Waals surface area (Å²) in [6, 6.07) is 3.70. The fraction of sp³-hybridized carbons (Fsp3) is 0.400. The van der Waals surface area contributed by atoms with Crippen molar-refractivity contribution in [2.24, 2.45) is 0 Å². The molecule has 7 heteroatoms. The highest BCUT2D eigenvalue weighted by Crippen LogP contribution is 2.20. The molecule has 0 spiro atoms. The summed E-state index contributed by atoms with van der Waals surface area (Å²) in [5.41, 5.74) is 0. The highest BCUT2D eigenvalue weighted by Gasteiger charge is 2.10. The summed E-state index contributed by atoms with van der Waals surface area (Å²) >= 11 is 1.46. The van der Waals surface area contributed by atoms with Crippen LogP contribution in [0.5, 0.6) is 0 Å².